The molecule has 2 heterocycles. The number of pyridine rings is 1. The molecule has 2 rings (SSSR count). The van der Waals surface area contributed by atoms with Gasteiger partial charge < -0.3 is 0 Å². The van der Waals surface area contributed by atoms with Crippen molar-refractivity contribution in [3.63, 3.8) is 0 Å². The van der Waals surface area contributed by atoms with E-state index in [4.69, 9.17) is 0 Å². The predicted octanol–water partition coefficient (Wildman–Crippen LogP) is 3.31. The van der Waals surface area contributed by atoms with E-state index < -0.39 is 0 Å². The highest BCUT2D eigenvalue weighted by Crippen LogP contribution is 2.23. The van der Waals surface area contributed by atoms with E-state index in [1.54, 1.807) is 0 Å². The van der Waals surface area contributed by atoms with Gasteiger partial charge in [0.15, 0.2) is 0 Å². The maximum atomic E-state index is 4.67. The second kappa shape index (κ2) is 3.58. The van der Waals surface area contributed by atoms with Crippen LogP contribution in [-0.4, -0.2) is 14.8 Å². The Balaban J connectivity index is 2.58. The van der Waals surface area contributed by atoms with Crippen molar-refractivity contribution in [1.82, 2.24) is 14.8 Å². The molecule has 2 aromatic rings. The summed E-state index contributed by atoms with van der Waals surface area (Å²) in [5.74, 6) is 0. The lowest BCUT2D eigenvalue weighted by molar-refractivity contribution is 0.550. The molecule has 0 aliphatic carbocycles. The van der Waals surface area contributed by atoms with Crippen LogP contribution in [0.1, 0.15) is 46.4 Å². The first kappa shape index (κ1) is 11.1. The number of fused-ring (bicyclic) bond motifs is 1. The Morgan fingerprint density at radius 3 is 2.44 bits per heavy atom. The van der Waals surface area contributed by atoms with Gasteiger partial charge in [-0.1, -0.05) is 20.8 Å². The van der Waals surface area contributed by atoms with Gasteiger partial charge in [-0.05, 0) is 26.0 Å². The minimum absolute atomic E-state index is 0.0914. The second-order valence-electron chi connectivity index (χ2n) is 5.53. The van der Waals surface area contributed by atoms with Gasteiger partial charge in [0, 0.05) is 17.2 Å². The first-order valence-electron chi connectivity index (χ1n) is 5.74. The third-order valence-corrected chi connectivity index (χ3v) is 2.71. The van der Waals surface area contributed by atoms with Crippen LogP contribution < -0.4 is 0 Å². The number of hydrogen-bond acceptors (Lipinski definition) is 2. The summed E-state index contributed by atoms with van der Waals surface area (Å²) in [5, 5.41) is 4.37. The highest BCUT2D eigenvalue weighted by molar-refractivity contribution is 5.74. The summed E-state index contributed by atoms with van der Waals surface area (Å²) in [6.07, 6.45) is 1.85. The van der Waals surface area contributed by atoms with Gasteiger partial charge in [-0.3, -0.25) is 4.68 Å². The second-order valence-corrected chi connectivity index (χ2v) is 5.53. The van der Waals surface area contributed by atoms with Gasteiger partial charge in [0.1, 0.15) is 5.52 Å². The predicted molar refractivity (Wildman–Crippen MR) is 66.6 cm³/mol. The zero-order valence-corrected chi connectivity index (χ0v) is 10.7. The molecule has 0 radical (unpaired) electrons. The topological polar surface area (TPSA) is 30.7 Å². The third kappa shape index (κ3) is 1.82. The van der Waals surface area contributed by atoms with Crippen molar-refractivity contribution in [2.75, 3.05) is 0 Å². The molecule has 16 heavy (non-hydrogen) atoms. The largest absolute Gasteiger partial charge is 0.261 e. The Kier molecular flexibility index (Phi) is 2.49. The molecule has 0 atom stereocenters. The summed E-state index contributed by atoms with van der Waals surface area (Å²) in [5.41, 5.74) is 3.31. The molecular formula is C13H19N3. The molecule has 0 aliphatic rings. The molecule has 0 saturated carbocycles. The lowest BCUT2D eigenvalue weighted by Crippen LogP contribution is -2.13. The maximum absolute atomic E-state index is 4.67. The van der Waals surface area contributed by atoms with E-state index in [2.05, 4.69) is 56.8 Å². The fraction of sp³-hybridized carbons (Fsp3) is 0.538. The molecule has 2 aromatic heterocycles. The van der Waals surface area contributed by atoms with Crippen molar-refractivity contribution in [2.24, 2.45) is 0 Å². The monoisotopic (exact) mass is 217 g/mol. The van der Waals surface area contributed by atoms with Crippen LogP contribution in [0.15, 0.2) is 18.3 Å². The van der Waals surface area contributed by atoms with Crippen molar-refractivity contribution >= 4 is 11.0 Å². The van der Waals surface area contributed by atoms with E-state index >= 15 is 0 Å². The third-order valence-electron chi connectivity index (χ3n) is 2.71. The van der Waals surface area contributed by atoms with Crippen LogP contribution in [0.3, 0.4) is 0 Å². The van der Waals surface area contributed by atoms with Crippen molar-refractivity contribution in [3.05, 3.63) is 24.0 Å². The summed E-state index contributed by atoms with van der Waals surface area (Å²) < 4.78 is 2.01. The summed E-state index contributed by atoms with van der Waals surface area (Å²) in [6, 6.07) is 4.60. The lowest BCUT2D eigenvalue weighted by atomic mass is 9.91. The first-order chi connectivity index (χ1) is 7.39. The average molecular weight is 217 g/mol. The van der Waals surface area contributed by atoms with Crippen LogP contribution in [0.5, 0.6) is 0 Å². The standard InChI is InChI=1S/C13H19N3/c1-9(2)16-11-6-7-12(13(3,4)5)15-10(11)8-14-16/h6-9H,1-5H3. The van der Waals surface area contributed by atoms with E-state index in [0.29, 0.717) is 6.04 Å². The van der Waals surface area contributed by atoms with E-state index in [1.807, 2.05) is 10.9 Å². The average Bonchev–Trinajstić information content (AvgIpc) is 2.58. The van der Waals surface area contributed by atoms with Crippen LogP contribution in [0.4, 0.5) is 0 Å². The summed E-state index contributed by atoms with van der Waals surface area (Å²) in [4.78, 5) is 4.67. The molecule has 0 amide bonds. The van der Waals surface area contributed by atoms with Crippen LogP contribution in [-0.2, 0) is 5.41 Å². The van der Waals surface area contributed by atoms with Gasteiger partial charge in [0.25, 0.3) is 0 Å². The molecule has 3 heteroatoms. The molecule has 0 aromatic carbocycles. The minimum atomic E-state index is 0.0914. The Morgan fingerprint density at radius 1 is 1.19 bits per heavy atom. The van der Waals surface area contributed by atoms with E-state index in [-0.39, 0.29) is 5.41 Å². The van der Waals surface area contributed by atoms with Crippen LogP contribution in [0.25, 0.3) is 11.0 Å². The number of nitrogens with zero attached hydrogens (tertiary/aromatic N) is 3. The smallest absolute Gasteiger partial charge is 0.109 e. The van der Waals surface area contributed by atoms with Crippen molar-refractivity contribution in [3.8, 4) is 0 Å². The van der Waals surface area contributed by atoms with Crippen molar-refractivity contribution in [2.45, 2.75) is 46.1 Å². The molecule has 0 aliphatic heterocycles. The van der Waals surface area contributed by atoms with Crippen molar-refractivity contribution < 1.29 is 0 Å². The summed E-state index contributed by atoms with van der Waals surface area (Å²) in [7, 11) is 0. The van der Waals surface area contributed by atoms with Gasteiger partial charge in [-0.25, -0.2) is 4.98 Å². The maximum Gasteiger partial charge on any atom is 0.109 e. The summed E-state index contributed by atoms with van der Waals surface area (Å²) in [6.45, 7) is 10.8. The molecule has 3 nitrogen and oxygen atoms in total. The SMILES string of the molecule is CC(C)n1ncc2nc(C(C)(C)C)ccc21. The fourth-order valence-corrected chi connectivity index (χ4v) is 1.76. The van der Waals surface area contributed by atoms with E-state index in [1.165, 1.54) is 0 Å². The molecule has 0 saturated heterocycles. The quantitative estimate of drug-likeness (QED) is 0.733. The molecule has 86 valence electrons. The molecule has 0 fully saturated rings. The van der Waals surface area contributed by atoms with Crippen LogP contribution >= 0.6 is 0 Å². The minimum Gasteiger partial charge on any atom is -0.261 e. The fourth-order valence-electron chi connectivity index (χ4n) is 1.76. The Morgan fingerprint density at radius 2 is 1.88 bits per heavy atom. The van der Waals surface area contributed by atoms with Gasteiger partial charge in [-0.15, -0.1) is 0 Å². The Bertz CT molecular complexity index is 503. The van der Waals surface area contributed by atoms with Gasteiger partial charge in [0.05, 0.1) is 11.7 Å². The normalized spacial score (nSPS) is 12.6. The number of hydrogen-bond donors (Lipinski definition) is 0. The first-order valence-corrected chi connectivity index (χ1v) is 5.74. The van der Waals surface area contributed by atoms with E-state index in [0.717, 1.165) is 16.7 Å². The van der Waals surface area contributed by atoms with Crippen LogP contribution in [0.2, 0.25) is 0 Å². The van der Waals surface area contributed by atoms with Gasteiger partial charge in [-0.2, -0.15) is 5.10 Å². The molecule has 0 spiro atoms. The van der Waals surface area contributed by atoms with Crippen LogP contribution in [0, 0.1) is 0 Å². The van der Waals surface area contributed by atoms with E-state index in [9.17, 15) is 0 Å². The Hall–Kier alpha value is -1.38. The molecule has 0 bridgehead atoms. The highest BCUT2D eigenvalue weighted by Gasteiger charge is 2.16. The molecular weight excluding hydrogens is 198 g/mol. The van der Waals surface area contributed by atoms with Gasteiger partial charge in [0.2, 0.25) is 0 Å². The lowest BCUT2D eigenvalue weighted by Gasteiger charge is -2.17. The Labute approximate surface area is 96.5 Å². The molecule has 0 unspecified atom stereocenters. The van der Waals surface area contributed by atoms with Gasteiger partial charge >= 0.3 is 0 Å². The highest BCUT2D eigenvalue weighted by atomic mass is 15.3. The molecule has 0 N–H and O–H groups in total. The number of rotatable bonds is 1. The van der Waals surface area contributed by atoms with Crippen molar-refractivity contribution in [1.29, 1.82) is 0 Å². The number of aromatic nitrogens is 3. The summed E-state index contributed by atoms with van der Waals surface area (Å²) >= 11 is 0. The zero-order valence-electron chi connectivity index (χ0n) is 10.7. The zero-order chi connectivity index (χ0) is 11.9.